The van der Waals surface area contributed by atoms with Crippen LogP contribution in [0.25, 0.3) is 0 Å². The van der Waals surface area contributed by atoms with Gasteiger partial charge in [-0.05, 0) is 44.9 Å². The molecule has 61 heavy (non-hydrogen) atoms. The first-order valence-electron chi connectivity index (χ1n) is 26.8. The number of allylic oxidation sites excluding steroid dienone is 4. The van der Waals surface area contributed by atoms with E-state index in [1.54, 1.807) is 0 Å². The summed E-state index contributed by atoms with van der Waals surface area (Å²) in [7, 11) is 0. The first kappa shape index (κ1) is 58.9. The first-order valence-corrected chi connectivity index (χ1v) is 26.8. The van der Waals surface area contributed by atoms with Crippen molar-refractivity contribution < 1.29 is 28.6 Å². The van der Waals surface area contributed by atoms with Crippen LogP contribution in [0.2, 0.25) is 0 Å². The van der Waals surface area contributed by atoms with Gasteiger partial charge in [0.05, 0.1) is 0 Å². The molecule has 0 aliphatic carbocycles. The smallest absolute Gasteiger partial charge is 0.306 e. The summed E-state index contributed by atoms with van der Waals surface area (Å²) in [5.41, 5.74) is 0. The van der Waals surface area contributed by atoms with Crippen molar-refractivity contribution in [2.75, 3.05) is 13.2 Å². The summed E-state index contributed by atoms with van der Waals surface area (Å²) in [5.74, 6) is -0.891. The van der Waals surface area contributed by atoms with Crippen LogP contribution < -0.4 is 0 Å². The van der Waals surface area contributed by atoms with E-state index in [1.807, 2.05) is 0 Å². The van der Waals surface area contributed by atoms with Gasteiger partial charge in [-0.1, -0.05) is 251 Å². The number of rotatable bonds is 49. The van der Waals surface area contributed by atoms with Gasteiger partial charge in [-0.3, -0.25) is 14.4 Å². The number of hydrogen-bond donors (Lipinski definition) is 0. The number of carbonyl (C=O) groups excluding carboxylic acids is 3. The summed E-state index contributed by atoms with van der Waals surface area (Å²) >= 11 is 0. The average molecular weight is 859 g/mol. The minimum absolute atomic E-state index is 0.0737. The molecule has 0 aromatic rings. The topological polar surface area (TPSA) is 78.9 Å². The van der Waals surface area contributed by atoms with Crippen molar-refractivity contribution in [1.82, 2.24) is 0 Å². The van der Waals surface area contributed by atoms with E-state index in [0.717, 1.165) is 96.3 Å². The Morgan fingerprint density at radius 3 is 0.967 bits per heavy atom. The molecule has 0 aliphatic rings. The number of unbranched alkanes of at least 4 members (excludes halogenated alkanes) is 34. The van der Waals surface area contributed by atoms with Crippen LogP contribution in [-0.2, 0) is 28.6 Å². The predicted octanol–water partition coefficient (Wildman–Crippen LogP) is 17.5. The summed E-state index contributed by atoms with van der Waals surface area (Å²) in [6.45, 7) is 6.51. The Balaban J connectivity index is 4.00. The molecule has 1 atom stereocenters. The Morgan fingerprint density at radius 2 is 0.623 bits per heavy atom. The predicted molar refractivity (Wildman–Crippen MR) is 261 cm³/mol. The molecule has 0 saturated carbocycles. The van der Waals surface area contributed by atoms with Gasteiger partial charge < -0.3 is 14.2 Å². The molecule has 0 aromatic carbocycles. The van der Waals surface area contributed by atoms with Crippen LogP contribution in [0, 0.1) is 0 Å². The van der Waals surface area contributed by atoms with Crippen LogP contribution in [0.4, 0.5) is 0 Å². The zero-order valence-corrected chi connectivity index (χ0v) is 40.9. The lowest BCUT2D eigenvalue weighted by Gasteiger charge is -2.18. The van der Waals surface area contributed by atoms with Crippen molar-refractivity contribution in [1.29, 1.82) is 0 Å². The van der Waals surface area contributed by atoms with Crippen LogP contribution in [-0.4, -0.2) is 37.2 Å². The molecule has 0 fully saturated rings. The van der Waals surface area contributed by atoms with Crippen molar-refractivity contribution in [2.45, 2.75) is 297 Å². The quantitative estimate of drug-likeness (QED) is 0.0262. The molecular formula is C55H102O6. The van der Waals surface area contributed by atoms with Crippen molar-refractivity contribution in [2.24, 2.45) is 0 Å². The zero-order chi connectivity index (χ0) is 44.4. The van der Waals surface area contributed by atoms with Crippen LogP contribution in [0.5, 0.6) is 0 Å². The van der Waals surface area contributed by atoms with Gasteiger partial charge >= 0.3 is 17.9 Å². The fourth-order valence-electron chi connectivity index (χ4n) is 7.89. The molecule has 0 saturated heterocycles. The van der Waals surface area contributed by atoms with Crippen molar-refractivity contribution in [3.05, 3.63) is 24.3 Å². The second-order valence-electron chi connectivity index (χ2n) is 18.2. The Kier molecular flexibility index (Phi) is 48.8. The molecule has 0 radical (unpaired) electrons. The first-order chi connectivity index (χ1) is 30.0. The van der Waals surface area contributed by atoms with Crippen LogP contribution in [0.1, 0.15) is 290 Å². The minimum atomic E-state index is -0.770. The maximum absolute atomic E-state index is 12.7. The van der Waals surface area contributed by atoms with Gasteiger partial charge in [0, 0.05) is 19.3 Å². The maximum Gasteiger partial charge on any atom is 0.306 e. The molecule has 358 valence electrons. The number of hydrogen-bond acceptors (Lipinski definition) is 6. The molecule has 0 aliphatic heterocycles. The van der Waals surface area contributed by atoms with E-state index in [9.17, 15) is 14.4 Å². The highest BCUT2D eigenvalue weighted by atomic mass is 16.6. The third-order valence-electron chi connectivity index (χ3n) is 11.9. The highest BCUT2D eigenvalue weighted by Crippen LogP contribution is 2.17. The Morgan fingerprint density at radius 1 is 0.328 bits per heavy atom. The van der Waals surface area contributed by atoms with Crippen LogP contribution >= 0.6 is 0 Å². The lowest BCUT2D eigenvalue weighted by molar-refractivity contribution is -0.167. The normalized spacial score (nSPS) is 12.1. The van der Waals surface area contributed by atoms with E-state index < -0.39 is 6.10 Å². The van der Waals surface area contributed by atoms with Gasteiger partial charge in [0.25, 0.3) is 0 Å². The largest absolute Gasteiger partial charge is 0.462 e. The summed E-state index contributed by atoms with van der Waals surface area (Å²) in [6, 6.07) is 0. The third kappa shape index (κ3) is 48.8. The SMILES string of the molecule is CCC/C=C\C/C=C\CCCCCCCC(=O)OC(COC(=O)CCCCCCC)COC(=O)CCCCCCCCCCCCCCCCCCCCCCCCCCC. The molecule has 0 bridgehead atoms. The average Bonchev–Trinajstić information content (AvgIpc) is 3.26. The lowest BCUT2D eigenvalue weighted by atomic mass is 10.0. The Labute approximate surface area is 379 Å². The molecule has 6 heteroatoms. The molecule has 1 unspecified atom stereocenters. The summed E-state index contributed by atoms with van der Waals surface area (Å²) in [4.78, 5) is 37.6. The fraction of sp³-hybridized carbons (Fsp3) is 0.873. The molecule has 0 rings (SSSR count). The van der Waals surface area contributed by atoms with Gasteiger partial charge in [-0.15, -0.1) is 0 Å². The van der Waals surface area contributed by atoms with Gasteiger partial charge in [-0.25, -0.2) is 0 Å². The number of esters is 3. The third-order valence-corrected chi connectivity index (χ3v) is 11.9. The Bertz CT molecular complexity index is 989. The number of ether oxygens (including phenoxy) is 3. The monoisotopic (exact) mass is 859 g/mol. The highest BCUT2D eigenvalue weighted by Gasteiger charge is 2.19. The highest BCUT2D eigenvalue weighted by molar-refractivity contribution is 5.71. The number of carbonyl (C=O) groups is 3. The van der Waals surface area contributed by atoms with Gasteiger partial charge in [0.1, 0.15) is 13.2 Å². The molecule has 6 nitrogen and oxygen atoms in total. The van der Waals surface area contributed by atoms with Crippen molar-refractivity contribution in [3.63, 3.8) is 0 Å². The Hall–Kier alpha value is -2.11. The van der Waals surface area contributed by atoms with E-state index >= 15 is 0 Å². The van der Waals surface area contributed by atoms with Crippen LogP contribution in [0.15, 0.2) is 24.3 Å². The summed E-state index contributed by atoms with van der Waals surface area (Å²) < 4.78 is 16.7. The zero-order valence-electron chi connectivity index (χ0n) is 40.9. The minimum Gasteiger partial charge on any atom is -0.462 e. The van der Waals surface area contributed by atoms with Gasteiger partial charge in [-0.2, -0.15) is 0 Å². The van der Waals surface area contributed by atoms with E-state index in [1.165, 1.54) is 154 Å². The molecular weight excluding hydrogens is 757 g/mol. The molecule has 0 heterocycles. The molecule has 0 spiro atoms. The standard InChI is InChI=1S/C55H102O6/c1-4-7-10-13-15-17-19-21-22-23-24-25-26-27-28-29-30-31-32-34-35-37-39-42-45-48-54(57)60-51-52(50-59-53(56)47-44-41-12-9-6-3)61-55(58)49-46-43-40-38-36-33-20-18-16-14-11-8-5-2/h11,14,18,20,52H,4-10,12-13,15-17,19,21-51H2,1-3H3/b14-11-,20-18-. The maximum atomic E-state index is 12.7. The second kappa shape index (κ2) is 50.5. The fourth-order valence-corrected chi connectivity index (χ4v) is 7.89. The van der Waals surface area contributed by atoms with E-state index in [-0.39, 0.29) is 31.1 Å². The van der Waals surface area contributed by atoms with Crippen molar-refractivity contribution >= 4 is 17.9 Å². The van der Waals surface area contributed by atoms with Gasteiger partial charge in [0.2, 0.25) is 0 Å². The van der Waals surface area contributed by atoms with Gasteiger partial charge in [0.15, 0.2) is 6.10 Å². The van der Waals surface area contributed by atoms with E-state index in [2.05, 4.69) is 45.1 Å². The second-order valence-corrected chi connectivity index (χ2v) is 18.2. The van der Waals surface area contributed by atoms with E-state index in [0.29, 0.717) is 19.3 Å². The molecule has 0 N–H and O–H groups in total. The lowest BCUT2D eigenvalue weighted by Crippen LogP contribution is -2.30. The van der Waals surface area contributed by atoms with Crippen molar-refractivity contribution in [3.8, 4) is 0 Å². The molecule has 0 amide bonds. The van der Waals surface area contributed by atoms with E-state index in [4.69, 9.17) is 14.2 Å². The van der Waals surface area contributed by atoms with Crippen LogP contribution in [0.3, 0.4) is 0 Å². The molecule has 0 aromatic heterocycles. The summed E-state index contributed by atoms with van der Waals surface area (Å²) in [5, 5.41) is 0. The summed E-state index contributed by atoms with van der Waals surface area (Å²) in [6.07, 6.45) is 57.9.